The fourth-order valence-electron chi connectivity index (χ4n) is 0. The molecule has 0 rings (SSSR count). The van der Waals surface area contributed by atoms with Crippen molar-refractivity contribution < 1.29 is 76.8 Å². The van der Waals surface area contributed by atoms with Crippen molar-refractivity contribution in [3.05, 3.63) is 0 Å². The molecule has 0 aromatic rings. The maximum absolute atomic E-state index is 0. The molecular formula is H2Cl4OTi. The van der Waals surface area contributed by atoms with Gasteiger partial charge in [0, 0.05) is 0 Å². The van der Waals surface area contributed by atoms with Gasteiger partial charge in [0.2, 0.25) is 0 Å². The Morgan fingerprint density at radius 3 is 0.500 bits per heavy atom. The normalized spacial score (nSPS) is 0. The van der Waals surface area contributed by atoms with E-state index in [1.54, 1.807) is 0 Å². The number of halogens is 4. The van der Waals surface area contributed by atoms with Crippen molar-refractivity contribution in [1.82, 2.24) is 0 Å². The van der Waals surface area contributed by atoms with Gasteiger partial charge in [0.25, 0.3) is 0 Å². The van der Waals surface area contributed by atoms with Crippen molar-refractivity contribution >= 4 is 0 Å². The van der Waals surface area contributed by atoms with Crippen LogP contribution >= 0.6 is 0 Å². The van der Waals surface area contributed by atoms with Crippen LogP contribution in [0, 0.1) is 0 Å². The molecular weight excluding hydrogens is 206 g/mol. The van der Waals surface area contributed by atoms with E-state index in [0.717, 1.165) is 0 Å². The maximum Gasteiger partial charge on any atom is 4.00 e. The summed E-state index contributed by atoms with van der Waals surface area (Å²) in [5, 5.41) is 0. The average Bonchev–Trinajstić information content (AvgIpc) is 0. The van der Waals surface area contributed by atoms with Crippen LogP contribution in [0.5, 0.6) is 0 Å². The summed E-state index contributed by atoms with van der Waals surface area (Å²) in [7, 11) is 0. The Bertz CT molecular complexity index is 7.51. The quantitative estimate of drug-likeness (QED) is 0.354. The van der Waals surface area contributed by atoms with Crippen molar-refractivity contribution in [3.8, 4) is 0 Å². The molecule has 2 N–H and O–H groups in total. The second kappa shape index (κ2) is 69.1. The van der Waals surface area contributed by atoms with E-state index in [9.17, 15) is 0 Å². The van der Waals surface area contributed by atoms with E-state index in [-0.39, 0.29) is 76.8 Å². The van der Waals surface area contributed by atoms with E-state index in [4.69, 9.17) is 0 Å². The summed E-state index contributed by atoms with van der Waals surface area (Å²) in [4.78, 5) is 0. The van der Waals surface area contributed by atoms with Crippen LogP contribution in [0.4, 0.5) is 0 Å². The van der Waals surface area contributed by atoms with E-state index in [1.807, 2.05) is 0 Å². The summed E-state index contributed by atoms with van der Waals surface area (Å²) in [5.41, 5.74) is 0. The standard InChI is InChI=1S/4ClH.H2O.Ti/h4*1H;1H2;/q;;;;;+4/p-4. The predicted molar refractivity (Wildman–Crippen MR) is 3.61 cm³/mol. The molecule has 0 unspecified atom stereocenters. The molecule has 0 aromatic heterocycles. The molecule has 0 aromatic carbocycles. The Hall–Kier alpha value is 1.83. The summed E-state index contributed by atoms with van der Waals surface area (Å²) in [6, 6.07) is 0. The Morgan fingerprint density at radius 1 is 0.500 bits per heavy atom. The van der Waals surface area contributed by atoms with Gasteiger partial charge in [-0.3, -0.25) is 0 Å². The fraction of sp³-hybridized carbons (Fsp3) is 0. The predicted octanol–water partition coefficient (Wildman–Crippen LogP) is -12.8. The molecule has 0 aliphatic rings. The first kappa shape index (κ1) is 109. The van der Waals surface area contributed by atoms with Gasteiger partial charge in [-0.15, -0.1) is 0 Å². The van der Waals surface area contributed by atoms with Crippen LogP contribution in [-0.4, -0.2) is 5.48 Å². The third-order valence-electron chi connectivity index (χ3n) is 0. The van der Waals surface area contributed by atoms with Gasteiger partial charge in [-0.1, -0.05) is 0 Å². The molecule has 1 nitrogen and oxygen atoms in total. The minimum absolute atomic E-state index is 0. The summed E-state index contributed by atoms with van der Waals surface area (Å²) in [5.74, 6) is 0. The van der Waals surface area contributed by atoms with Gasteiger partial charge in [-0.25, -0.2) is 0 Å². The molecule has 40 valence electrons. The zero-order valence-corrected chi connectivity index (χ0v) is 7.10. The summed E-state index contributed by atoms with van der Waals surface area (Å²) in [6.45, 7) is 0. The molecule has 6 heavy (non-hydrogen) atoms. The Labute approximate surface area is 76.5 Å². The third-order valence-corrected chi connectivity index (χ3v) is 0. The van der Waals surface area contributed by atoms with Crippen molar-refractivity contribution in [3.63, 3.8) is 0 Å². The van der Waals surface area contributed by atoms with Gasteiger partial charge in [0.05, 0.1) is 0 Å². The van der Waals surface area contributed by atoms with Gasteiger partial charge in [0.15, 0.2) is 0 Å². The van der Waals surface area contributed by atoms with E-state index in [0.29, 0.717) is 0 Å². The molecule has 0 fully saturated rings. The zero-order chi connectivity index (χ0) is 0. The van der Waals surface area contributed by atoms with Gasteiger partial charge in [0.1, 0.15) is 0 Å². The van der Waals surface area contributed by atoms with Crippen LogP contribution in [-0.2, 0) is 21.7 Å². The molecule has 0 atom stereocenters. The van der Waals surface area contributed by atoms with Crippen molar-refractivity contribution in [2.45, 2.75) is 0 Å². The van der Waals surface area contributed by atoms with E-state index < -0.39 is 0 Å². The smallest absolute Gasteiger partial charge is 1.00 e. The van der Waals surface area contributed by atoms with Crippen LogP contribution in [0.15, 0.2) is 0 Å². The largest absolute Gasteiger partial charge is 4.00 e. The Balaban J connectivity index is 0. The maximum atomic E-state index is 0. The number of hydrogen-bond acceptors (Lipinski definition) is 0. The van der Waals surface area contributed by atoms with Gasteiger partial charge < -0.3 is 55.1 Å². The third kappa shape index (κ3) is 40.5. The average molecular weight is 208 g/mol. The monoisotopic (exact) mass is 206 g/mol. The summed E-state index contributed by atoms with van der Waals surface area (Å²) in [6.07, 6.45) is 0. The minimum Gasteiger partial charge on any atom is -1.00 e. The molecule has 0 aliphatic heterocycles. The van der Waals surface area contributed by atoms with Gasteiger partial charge in [-0.2, -0.15) is 0 Å². The van der Waals surface area contributed by atoms with E-state index >= 15 is 0 Å². The molecule has 0 bridgehead atoms. The van der Waals surface area contributed by atoms with Crippen LogP contribution in [0.2, 0.25) is 0 Å². The number of rotatable bonds is 0. The minimum atomic E-state index is 0. The SMILES string of the molecule is O.[Cl-].[Cl-].[Cl-].[Cl-].[Ti+4]. The molecule has 0 saturated carbocycles. The van der Waals surface area contributed by atoms with Crippen LogP contribution in [0.1, 0.15) is 0 Å². The molecule has 0 heterocycles. The Kier molecular flexibility index (Phi) is 1250. The molecule has 6 heteroatoms. The second-order valence-corrected chi connectivity index (χ2v) is 0. The first-order valence-corrected chi connectivity index (χ1v) is 0. The first-order valence-electron chi connectivity index (χ1n) is 0. The van der Waals surface area contributed by atoms with Crippen molar-refractivity contribution in [2.24, 2.45) is 0 Å². The van der Waals surface area contributed by atoms with Crippen molar-refractivity contribution in [2.75, 3.05) is 0 Å². The van der Waals surface area contributed by atoms with Gasteiger partial charge >= 0.3 is 21.7 Å². The molecule has 0 radical (unpaired) electrons. The zero-order valence-electron chi connectivity index (χ0n) is 2.51. The van der Waals surface area contributed by atoms with Crippen LogP contribution in [0.3, 0.4) is 0 Å². The molecule has 0 saturated heterocycles. The summed E-state index contributed by atoms with van der Waals surface area (Å²) < 4.78 is 0. The van der Waals surface area contributed by atoms with E-state index in [2.05, 4.69) is 0 Å². The Morgan fingerprint density at radius 2 is 0.500 bits per heavy atom. The number of hydrogen-bond donors (Lipinski definition) is 0. The topological polar surface area (TPSA) is 31.5 Å². The van der Waals surface area contributed by atoms with Crippen LogP contribution in [0.25, 0.3) is 0 Å². The van der Waals surface area contributed by atoms with E-state index in [1.165, 1.54) is 0 Å². The molecule has 0 spiro atoms. The summed E-state index contributed by atoms with van der Waals surface area (Å²) >= 11 is 0. The van der Waals surface area contributed by atoms with Gasteiger partial charge in [-0.05, 0) is 0 Å². The van der Waals surface area contributed by atoms with Crippen molar-refractivity contribution in [1.29, 1.82) is 0 Å². The molecule has 0 aliphatic carbocycles. The van der Waals surface area contributed by atoms with Crippen LogP contribution < -0.4 is 49.6 Å². The molecule has 0 amide bonds. The fourth-order valence-corrected chi connectivity index (χ4v) is 0. The second-order valence-electron chi connectivity index (χ2n) is 0. The first-order chi connectivity index (χ1) is 0.